The van der Waals surface area contributed by atoms with E-state index in [0.29, 0.717) is 11.3 Å². The van der Waals surface area contributed by atoms with Crippen LogP contribution in [0, 0.1) is 0 Å². The summed E-state index contributed by atoms with van der Waals surface area (Å²) < 4.78 is 0.435. The summed E-state index contributed by atoms with van der Waals surface area (Å²) >= 11 is 1.61. The first-order chi connectivity index (χ1) is 5.33. The molecule has 1 aromatic rings. The third-order valence-corrected chi connectivity index (χ3v) is 2.51. The van der Waals surface area contributed by atoms with Crippen molar-refractivity contribution < 1.29 is 5.11 Å². The second kappa shape index (κ2) is 4.58. The van der Waals surface area contributed by atoms with E-state index in [-0.39, 0.29) is 0 Å². The van der Waals surface area contributed by atoms with E-state index in [1.807, 2.05) is 18.2 Å². The molecule has 0 fully saturated rings. The SMILES string of the molecule is OC[C@H]([AsH2])Cc1ccccc1. The van der Waals surface area contributed by atoms with Crippen LogP contribution in [0.2, 0.25) is 4.71 Å². The van der Waals surface area contributed by atoms with Crippen LogP contribution in [0.3, 0.4) is 0 Å². The Labute approximate surface area is 75.9 Å². The average molecular weight is 212 g/mol. The third kappa shape index (κ3) is 3.09. The fraction of sp³-hybridized carbons (Fsp3) is 0.333. The monoisotopic (exact) mass is 212 g/mol. The summed E-state index contributed by atoms with van der Waals surface area (Å²) in [5.74, 6) is 0. The zero-order valence-electron chi connectivity index (χ0n) is 6.40. The van der Waals surface area contributed by atoms with Crippen molar-refractivity contribution in [3.05, 3.63) is 35.9 Å². The van der Waals surface area contributed by atoms with Crippen LogP contribution in [0.1, 0.15) is 5.56 Å². The van der Waals surface area contributed by atoms with E-state index in [4.69, 9.17) is 5.11 Å². The molecule has 0 radical (unpaired) electrons. The number of aliphatic hydroxyl groups excluding tert-OH is 1. The first-order valence-electron chi connectivity index (χ1n) is 3.73. The van der Waals surface area contributed by atoms with Crippen molar-refractivity contribution in [2.75, 3.05) is 6.61 Å². The third-order valence-electron chi connectivity index (χ3n) is 1.58. The second-order valence-corrected chi connectivity index (χ2v) is 4.61. The van der Waals surface area contributed by atoms with E-state index in [2.05, 4.69) is 12.1 Å². The molecule has 1 unspecified atom stereocenters. The molecule has 0 aliphatic rings. The topological polar surface area (TPSA) is 20.2 Å². The Balaban J connectivity index is 2.51. The van der Waals surface area contributed by atoms with Crippen LogP contribution in [0.25, 0.3) is 0 Å². The number of hydrogen-bond donors (Lipinski definition) is 1. The quantitative estimate of drug-likeness (QED) is 0.729. The first-order valence-corrected chi connectivity index (χ1v) is 5.13. The molecule has 0 heterocycles. The Morgan fingerprint density at radius 3 is 2.45 bits per heavy atom. The molecule has 0 amide bonds. The van der Waals surface area contributed by atoms with Crippen LogP contribution in [0.4, 0.5) is 0 Å². The van der Waals surface area contributed by atoms with E-state index in [1.54, 1.807) is 16.9 Å². The number of hydrogen-bond acceptors (Lipinski definition) is 1. The summed E-state index contributed by atoms with van der Waals surface area (Å²) in [6, 6.07) is 10.3. The fourth-order valence-electron chi connectivity index (χ4n) is 0.981. The zero-order chi connectivity index (χ0) is 8.10. The van der Waals surface area contributed by atoms with Gasteiger partial charge < -0.3 is 0 Å². The molecule has 0 saturated heterocycles. The number of aliphatic hydroxyl groups is 1. The van der Waals surface area contributed by atoms with E-state index >= 15 is 0 Å². The van der Waals surface area contributed by atoms with Crippen LogP contribution in [0.15, 0.2) is 30.3 Å². The normalized spacial score (nSPS) is 12.9. The van der Waals surface area contributed by atoms with Gasteiger partial charge in [-0.05, 0) is 0 Å². The summed E-state index contributed by atoms with van der Waals surface area (Å²) in [6.07, 6.45) is 0.997. The van der Waals surface area contributed by atoms with Gasteiger partial charge in [0.2, 0.25) is 0 Å². The van der Waals surface area contributed by atoms with E-state index < -0.39 is 0 Å². The van der Waals surface area contributed by atoms with Gasteiger partial charge in [0.25, 0.3) is 0 Å². The maximum absolute atomic E-state index is 8.81. The molecule has 2 atom stereocenters. The molecular formula is C9H13AsO. The van der Waals surface area contributed by atoms with Crippen LogP contribution in [0.5, 0.6) is 0 Å². The van der Waals surface area contributed by atoms with Crippen molar-refractivity contribution in [2.24, 2.45) is 0 Å². The Kier molecular flexibility index (Phi) is 3.68. The van der Waals surface area contributed by atoms with Crippen LogP contribution >= 0.6 is 0 Å². The van der Waals surface area contributed by atoms with Gasteiger partial charge in [-0.1, -0.05) is 0 Å². The molecule has 0 aliphatic carbocycles. The molecule has 0 bridgehead atoms. The summed E-state index contributed by atoms with van der Waals surface area (Å²) in [6.45, 7) is 0.300. The van der Waals surface area contributed by atoms with Crippen LogP contribution in [-0.4, -0.2) is 28.6 Å². The van der Waals surface area contributed by atoms with Gasteiger partial charge in [0, 0.05) is 0 Å². The van der Waals surface area contributed by atoms with Crippen molar-refractivity contribution in [1.29, 1.82) is 0 Å². The Bertz CT molecular complexity index is 198. The molecule has 1 nitrogen and oxygen atoms in total. The molecule has 1 N–H and O–H groups in total. The molecule has 11 heavy (non-hydrogen) atoms. The number of rotatable bonds is 3. The molecule has 1 rings (SSSR count). The fourth-order valence-corrected chi connectivity index (χ4v) is 1.55. The van der Waals surface area contributed by atoms with Crippen molar-refractivity contribution in [2.45, 2.75) is 11.1 Å². The van der Waals surface area contributed by atoms with Gasteiger partial charge in [-0.15, -0.1) is 0 Å². The van der Waals surface area contributed by atoms with Gasteiger partial charge in [-0.2, -0.15) is 0 Å². The summed E-state index contributed by atoms with van der Waals surface area (Å²) in [5.41, 5.74) is 1.32. The number of benzene rings is 1. The molecule has 0 aliphatic heterocycles. The molecule has 1 aromatic carbocycles. The maximum atomic E-state index is 8.81. The van der Waals surface area contributed by atoms with E-state index in [0.717, 1.165) is 6.42 Å². The predicted octanol–water partition coefficient (Wildman–Crippen LogP) is 0.643. The van der Waals surface area contributed by atoms with Crippen molar-refractivity contribution in [1.82, 2.24) is 0 Å². The Morgan fingerprint density at radius 2 is 1.91 bits per heavy atom. The van der Waals surface area contributed by atoms with Crippen molar-refractivity contribution >= 4 is 16.9 Å². The minimum atomic E-state index is 0.300. The standard InChI is InChI=1S/C9H13AsO/c10-9(7-11)6-8-4-2-1-3-5-8/h1-5,9,11H,6-7,10H2/t9-/m1/s1. The van der Waals surface area contributed by atoms with Gasteiger partial charge in [0.15, 0.2) is 0 Å². The minimum absolute atomic E-state index is 0.300. The molecule has 0 saturated carbocycles. The van der Waals surface area contributed by atoms with E-state index in [9.17, 15) is 0 Å². The van der Waals surface area contributed by atoms with Crippen molar-refractivity contribution in [3.63, 3.8) is 0 Å². The summed E-state index contributed by atoms with van der Waals surface area (Å²) in [5, 5.41) is 8.81. The summed E-state index contributed by atoms with van der Waals surface area (Å²) in [4.78, 5) is 0. The molecule has 0 spiro atoms. The molecular weight excluding hydrogens is 199 g/mol. The van der Waals surface area contributed by atoms with Crippen LogP contribution < -0.4 is 0 Å². The predicted molar refractivity (Wildman–Crippen MR) is 49.5 cm³/mol. The molecule has 2 heteroatoms. The van der Waals surface area contributed by atoms with Gasteiger partial charge in [-0.3, -0.25) is 0 Å². The van der Waals surface area contributed by atoms with E-state index in [1.165, 1.54) is 5.56 Å². The summed E-state index contributed by atoms with van der Waals surface area (Å²) in [7, 11) is 0. The van der Waals surface area contributed by atoms with Gasteiger partial charge in [0.1, 0.15) is 0 Å². The first kappa shape index (κ1) is 8.83. The van der Waals surface area contributed by atoms with Gasteiger partial charge in [0.05, 0.1) is 0 Å². The van der Waals surface area contributed by atoms with Gasteiger partial charge in [-0.25, -0.2) is 0 Å². The van der Waals surface area contributed by atoms with Crippen molar-refractivity contribution in [3.8, 4) is 0 Å². The zero-order valence-corrected chi connectivity index (χ0v) is 8.83. The Morgan fingerprint density at radius 1 is 1.27 bits per heavy atom. The average Bonchev–Trinajstić information content (AvgIpc) is 2.06. The van der Waals surface area contributed by atoms with Gasteiger partial charge >= 0.3 is 75.6 Å². The van der Waals surface area contributed by atoms with Crippen LogP contribution in [-0.2, 0) is 6.42 Å². The molecule has 0 aromatic heterocycles. The molecule has 60 valence electrons. The second-order valence-electron chi connectivity index (χ2n) is 2.63. The Hall–Kier alpha value is -0.262.